The fourth-order valence-corrected chi connectivity index (χ4v) is 2.82. The summed E-state index contributed by atoms with van der Waals surface area (Å²) < 4.78 is 0. The van der Waals surface area contributed by atoms with Crippen LogP contribution in [0, 0.1) is 0 Å². The van der Waals surface area contributed by atoms with Crippen molar-refractivity contribution in [1.82, 2.24) is 9.88 Å². The van der Waals surface area contributed by atoms with Crippen LogP contribution < -0.4 is 10.6 Å². The number of anilines is 1. The van der Waals surface area contributed by atoms with Gasteiger partial charge in [0.2, 0.25) is 0 Å². The van der Waals surface area contributed by atoms with Gasteiger partial charge in [0, 0.05) is 19.6 Å². The topological polar surface area (TPSA) is 45.4 Å². The van der Waals surface area contributed by atoms with Crippen LogP contribution in [0.5, 0.6) is 0 Å². The molecule has 1 aliphatic heterocycles. The van der Waals surface area contributed by atoms with Crippen LogP contribution in [-0.4, -0.2) is 47.6 Å². The molecule has 2 rings (SSSR count). The minimum Gasteiger partial charge on any atom is -0.388 e. The molecule has 0 aliphatic carbocycles. The van der Waals surface area contributed by atoms with Crippen LogP contribution in [0.1, 0.15) is 25.5 Å². The Bertz CT molecular complexity index is 432. The SMILES string of the molecule is CCN1CCCC1CN(C)c1ccc(C(N)=S)nc1. The minimum absolute atomic E-state index is 0.349. The summed E-state index contributed by atoms with van der Waals surface area (Å²) in [5.74, 6) is 0. The predicted octanol–water partition coefficient (Wildman–Crippen LogP) is 1.64. The van der Waals surface area contributed by atoms with E-state index in [-0.39, 0.29) is 0 Å². The first-order valence-corrected chi connectivity index (χ1v) is 7.23. The van der Waals surface area contributed by atoms with Gasteiger partial charge in [-0.25, -0.2) is 0 Å². The fourth-order valence-electron chi connectivity index (χ4n) is 2.70. The number of hydrogen-bond acceptors (Lipinski definition) is 4. The zero-order valence-corrected chi connectivity index (χ0v) is 12.5. The molecule has 2 N–H and O–H groups in total. The number of nitrogens with zero attached hydrogens (tertiary/aromatic N) is 3. The van der Waals surface area contributed by atoms with E-state index in [0.717, 1.165) is 18.8 Å². The Balaban J connectivity index is 1.99. The molecule has 1 fully saturated rings. The predicted molar refractivity (Wildman–Crippen MR) is 83.7 cm³/mol. The molecular formula is C14H22N4S. The molecule has 0 radical (unpaired) electrons. The van der Waals surface area contributed by atoms with Gasteiger partial charge in [-0.3, -0.25) is 9.88 Å². The van der Waals surface area contributed by atoms with Crippen LogP contribution in [0.4, 0.5) is 5.69 Å². The third-order valence-corrected chi connectivity index (χ3v) is 4.04. The smallest absolute Gasteiger partial charge is 0.122 e. The van der Waals surface area contributed by atoms with E-state index in [1.807, 2.05) is 18.3 Å². The molecule has 0 spiro atoms. The summed E-state index contributed by atoms with van der Waals surface area (Å²) in [5.41, 5.74) is 7.35. The molecule has 1 atom stereocenters. The molecule has 2 heterocycles. The molecule has 1 unspecified atom stereocenters. The van der Waals surface area contributed by atoms with E-state index in [9.17, 15) is 0 Å². The summed E-state index contributed by atoms with van der Waals surface area (Å²) in [7, 11) is 2.11. The molecule has 1 aromatic rings. The molecule has 1 aliphatic rings. The first-order valence-electron chi connectivity index (χ1n) is 6.83. The monoisotopic (exact) mass is 278 g/mol. The van der Waals surface area contributed by atoms with Gasteiger partial charge in [-0.1, -0.05) is 19.1 Å². The summed E-state index contributed by atoms with van der Waals surface area (Å²) in [4.78, 5) is 9.45. The zero-order chi connectivity index (χ0) is 13.8. The van der Waals surface area contributed by atoms with Gasteiger partial charge in [-0.15, -0.1) is 0 Å². The zero-order valence-electron chi connectivity index (χ0n) is 11.7. The fraction of sp³-hybridized carbons (Fsp3) is 0.571. The number of likely N-dealkylation sites (N-methyl/N-ethyl adjacent to an activating group) is 2. The van der Waals surface area contributed by atoms with Crippen LogP contribution in [0.2, 0.25) is 0 Å². The van der Waals surface area contributed by atoms with Crippen molar-refractivity contribution in [2.24, 2.45) is 5.73 Å². The van der Waals surface area contributed by atoms with E-state index in [1.54, 1.807) is 0 Å². The van der Waals surface area contributed by atoms with Crippen LogP contribution in [0.25, 0.3) is 0 Å². The van der Waals surface area contributed by atoms with Gasteiger partial charge in [0.15, 0.2) is 0 Å². The van der Waals surface area contributed by atoms with E-state index >= 15 is 0 Å². The van der Waals surface area contributed by atoms with Crippen LogP contribution >= 0.6 is 12.2 Å². The minimum atomic E-state index is 0.349. The van der Waals surface area contributed by atoms with Gasteiger partial charge in [-0.2, -0.15) is 0 Å². The average Bonchev–Trinajstić information content (AvgIpc) is 2.86. The van der Waals surface area contributed by atoms with Crippen LogP contribution in [0.3, 0.4) is 0 Å². The Hall–Kier alpha value is -1.20. The molecule has 1 saturated heterocycles. The second-order valence-electron chi connectivity index (χ2n) is 5.07. The summed E-state index contributed by atoms with van der Waals surface area (Å²) in [6.45, 7) is 5.64. The standard InChI is InChI=1S/C14H22N4S/c1-3-18-8-4-5-12(18)10-17(2)11-6-7-13(14(15)19)16-9-11/h6-7,9,12H,3-5,8,10H2,1-2H3,(H2,15,19). The number of rotatable bonds is 5. The van der Waals surface area contributed by atoms with Crippen molar-refractivity contribution in [2.45, 2.75) is 25.8 Å². The van der Waals surface area contributed by atoms with Gasteiger partial charge in [0.1, 0.15) is 4.99 Å². The summed E-state index contributed by atoms with van der Waals surface area (Å²) in [6.07, 6.45) is 4.45. The van der Waals surface area contributed by atoms with Gasteiger partial charge in [0.05, 0.1) is 17.6 Å². The lowest BCUT2D eigenvalue weighted by molar-refractivity contribution is 0.270. The van der Waals surface area contributed by atoms with Gasteiger partial charge < -0.3 is 10.6 Å². The highest BCUT2D eigenvalue weighted by Gasteiger charge is 2.24. The number of nitrogens with two attached hydrogens (primary N) is 1. The third kappa shape index (κ3) is 3.42. The first kappa shape index (κ1) is 14.2. The maximum Gasteiger partial charge on any atom is 0.122 e. The van der Waals surface area contributed by atoms with E-state index in [0.29, 0.717) is 16.7 Å². The number of aromatic nitrogens is 1. The van der Waals surface area contributed by atoms with Crippen LogP contribution in [0.15, 0.2) is 18.3 Å². The molecular weight excluding hydrogens is 256 g/mol. The average molecular weight is 278 g/mol. The van der Waals surface area contributed by atoms with Crippen molar-refractivity contribution < 1.29 is 0 Å². The van der Waals surface area contributed by atoms with E-state index < -0.39 is 0 Å². The molecule has 4 nitrogen and oxygen atoms in total. The van der Waals surface area contributed by atoms with E-state index in [2.05, 4.69) is 28.8 Å². The van der Waals surface area contributed by atoms with Crippen molar-refractivity contribution >= 4 is 22.9 Å². The van der Waals surface area contributed by atoms with Crippen LogP contribution in [-0.2, 0) is 0 Å². The quantitative estimate of drug-likeness (QED) is 0.830. The second-order valence-corrected chi connectivity index (χ2v) is 5.51. The Morgan fingerprint density at radius 3 is 2.95 bits per heavy atom. The molecule has 0 bridgehead atoms. The number of thiocarbonyl (C=S) groups is 1. The van der Waals surface area contributed by atoms with Crippen molar-refractivity contribution in [2.75, 3.05) is 31.6 Å². The Labute approximate surface area is 120 Å². The first-order chi connectivity index (χ1) is 9.11. The summed E-state index contributed by atoms with van der Waals surface area (Å²) in [5, 5.41) is 0. The second kappa shape index (κ2) is 6.30. The maximum absolute atomic E-state index is 5.56. The highest BCUT2D eigenvalue weighted by molar-refractivity contribution is 7.80. The Kier molecular flexibility index (Phi) is 4.71. The van der Waals surface area contributed by atoms with Gasteiger partial charge in [0.25, 0.3) is 0 Å². The molecule has 5 heteroatoms. The molecule has 0 aromatic carbocycles. The lowest BCUT2D eigenvalue weighted by Gasteiger charge is -2.28. The lowest BCUT2D eigenvalue weighted by atomic mass is 10.2. The van der Waals surface area contributed by atoms with Crippen molar-refractivity contribution in [1.29, 1.82) is 0 Å². The molecule has 104 valence electrons. The molecule has 1 aromatic heterocycles. The number of hydrogen-bond donors (Lipinski definition) is 1. The van der Waals surface area contributed by atoms with Crippen molar-refractivity contribution in [3.05, 3.63) is 24.0 Å². The normalized spacial score (nSPS) is 19.6. The Morgan fingerprint density at radius 1 is 1.58 bits per heavy atom. The summed E-state index contributed by atoms with van der Waals surface area (Å²) in [6, 6.07) is 4.58. The van der Waals surface area contributed by atoms with E-state index in [1.165, 1.54) is 19.4 Å². The molecule has 19 heavy (non-hydrogen) atoms. The number of likely N-dealkylation sites (tertiary alicyclic amines) is 1. The number of pyridine rings is 1. The third-order valence-electron chi connectivity index (χ3n) is 3.83. The highest BCUT2D eigenvalue weighted by Crippen LogP contribution is 2.20. The van der Waals surface area contributed by atoms with Crippen molar-refractivity contribution in [3.8, 4) is 0 Å². The van der Waals surface area contributed by atoms with Gasteiger partial charge >= 0.3 is 0 Å². The summed E-state index contributed by atoms with van der Waals surface area (Å²) >= 11 is 4.91. The Morgan fingerprint density at radius 2 is 2.37 bits per heavy atom. The van der Waals surface area contributed by atoms with Crippen molar-refractivity contribution in [3.63, 3.8) is 0 Å². The lowest BCUT2D eigenvalue weighted by Crippen LogP contribution is -2.38. The largest absolute Gasteiger partial charge is 0.388 e. The maximum atomic E-state index is 5.56. The molecule has 0 amide bonds. The highest BCUT2D eigenvalue weighted by atomic mass is 32.1. The molecule has 0 saturated carbocycles. The van der Waals surface area contributed by atoms with E-state index in [4.69, 9.17) is 18.0 Å². The van der Waals surface area contributed by atoms with Gasteiger partial charge in [-0.05, 0) is 38.1 Å².